The Balaban J connectivity index is 1.62. The van der Waals surface area contributed by atoms with Gasteiger partial charge in [-0.1, -0.05) is 13.8 Å². The first-order valence-electron chi connectivity index (χ1n) is 11.9. The number of likely N-dealkylation sites (N-methyl/N-ethyl adjacent to an activating group) is 2. The number of nitrogens with two attached hydrogens (primary N) is 1. The Kier molecular flexibility index (Phi) is 7.02. The first kappa shape index (κ1) is 24.2. The summed E-state index contributed by atoms with van der Waals surface area (Å²) in [6.45, 7) is 10.3. The number of aromatic nitrogens is 4. The summed E-state index contributed by atoms with van der Waals surface area (Å²) < 4.78 is 0. The monoisotopic (exact) mass is 476 g/mol. The Bertz CT molecular complexity index is 1370. The van der Waals surface area contributed by atoms with Crippen LogP contribution in [0.5, 0.6) is 0 Å². The maximum Gasteiger partial charge on any atom is 0.251 e. The van der Waals surface area contributed by atoms with Crippen molar-refractivity contribution >= 4 is 39.7 Å². The zero-order chi connectivity index (χ0) is 25.1. The van der Waals surface area contributed by atoms with Crippen LogP contribution >= 0.6 is 0 Å². The molecule has 0 radical (unpaired) electrons. The normalized spacial score (nSPS) is 12.4. The van der Waals surface area contributed by atoms with E-state index in [-0.39, 0.29) is 11.8 Å². The van der Waals surface area contributed by atoms with E-state index in [0.717, 1.165) is 46.6 Å². The maximum absolute atomic E-state index is 13.1. The van der Waals surface area contributed by atoms with Crippen molar-refractivity contribution < 1.29 is 9.59 Å². The van der Waals surface area contributed by atoms with Gasteiger partial charge in [0.2, 0.25) is 5.91 Å². The van der Waals surface area contributed by atoms with Crippen LogP contribution in [0.2, 0.25) is 0 Å². The number of H-pyrrole nitrogens is 2. The molecule has 0 spiro atoms. The number of rotatable bonds is 9. The van der Waals surface area contributed by atoms with Gasteiger partial charge >= 0.3 is 0 Å². The molecule has 2 amide bonds. The molecular formula is C25H32N8O2. The summed E-state index contributed by atoms with van der Waals surface area (Å²) >= 11 is 0. The van der Waals surface area contributed by atoms with E-state index in [1.165, 1.54) is 0 Å². The standard InChI is InChI=1S/C25H32N8O2/c1-5-27-25(35)20(13-33(6-2)7-3)31-24(34)15-8-9-18-16(10-15)11-19(30-18)17-12-21(26)32-23-22(17)28-14(4)29-23/h8-12,20,30H,5-7,13H2,1-4H3,(H,27,35)(H,31,34)(H3,26,28,29,32)/t20-/m0/s1. The van der Waals surface area contributed by atoms with Gasteiger partial charge in [0, 0.05) is 40.8 Å². The second-order valence-corrected chi connectivity index (χ2v) is 8.51. The highest BCUT2D eigenvalue weighted by atomic mass is 16.2. The van der Waals surface area contributed by atoms with Crippen LogP contribution in [0.25, 0.3) is 33.3 Å². The third-order valence-electron chi connectivity index (χ3n) is 6.07. The highest BCUT2D eigenvalue weighted by Crippen LogP contribution is 2.30. The van der Waals surface area contributed by atoms with E-state index in [4.69, 9.17) is 5.73 Å². The first-order chi connectivity index (χ1) is 16.8. The number of imidazole rings is 1. The van der Waals surface area contributed by atoms with Crippen molar-refractivity contribution in [1.82, 2.24) is 35.5 Å². The van der Waals surface area contributed by atoms with Crippen LogP contribution in [0.1, 0.15) is 37.0 Å². The van der Waals surface area contributed by atoms with Gasteiger partial charge in [-0.2, -0.15) is 0 Å². The lowest BCUT2D eigenvalue weighted by molar-refractivity contribution is -0.123. The van der Waals surface area contributed by atoms with Gasteiger partial charge < -0.3 is 31.2 Å². The SMILES string of the molecule is CCNC(=O)[C@H](CN(CC)CC)NC(=O)c1ccc2[nH]c(-c3cc(N)nc4[nH]c(C)nc34)cc2c1. The number of amides is 2. The predicted octanol–water partition coefficient (Wildman–Crippen LogP) is 2.57. The molecule has 0 fully saturated rings. The average Bonchev–Trinajstić information content (AvgIpc) is 3.43. The number of hydrogen-bond donors (Lipinski definition) is 5. The molecule has 10 heteroatoms. The van der Waals surface area contributed by atoms with E-state index < -0.39 is 6.04 Å². The average molecular weight is 477 g/mol. The lowest BCUT2D eigenvalue weighted by atomic mass is 10.1. The van der Waals surface area contributed by atoms with Gasteiger partial charge in [-0.15, -0.1) is 0 Å². The molecule has 1 atom stereocenters. The molecular weight excluding hydrogens is 444 g/mol. The molecule has 4 rings (SSSR count). The van der Waals surface area contributed by atoms with Gasteiger partial charge in [0.1, 0.15) is 23.2 Å². The van der Waals surface area contributed by atoms with E-state index >= 15 is 0 Å². The fourth-order valence-electron chi connectivity index (χ4n) is 4.22. The Morgan fingerprint density at radius 3 is 2.57 bits per heavy atom. The number of nitrogens with zero attached hydrogens (tertiary/aromatic N) is 3. The number of nitrogens with one attached hydrogen (secondary N) is 4. The minimum absolute atomic E-state index is 0.189. The van der Waals surface area contributed by atoms with Crippen LogP contribution in [0.4, 0.5) is 5.82 Å². The molecule has 0 aliphatic carbocycles. The van der Waals surface area contributed by atoms with Crippen molar-refractivity contribution in [1.29, 1.82) is 0 Å². The topological polar surface area (TPSA) is 145 Å². The molecule has 3 aromatic heterocycles. The van der Waals surface area contributed by atoms with Gasteiger partial charge in [0.15, 0.2) is 5.65 Å². The van der Waals surface area contributed by atoms with E-state index in [1.54, 1.807) is 12.1 Å². The van der Waals surface area contributed by atoms with Crippen LogP contribution < -0.4 is 16.4 Å². The number of aromatic amines is 2. The van der Waals surface area contributed by atoms with E-state index in [1.807, 2.05) is 45.9 Å². The van der Waals surface area contributed by atoms with Crippen LogP contribution in [-0.4, -0.2) is 68.9 Å². The van der Waals surface area contributed by atoms with Crippen LogP contribution in [-0.2, 0) is 4.79 Å². The van der Waals surface area contributed by atoms with Crippen molar-refractivity contribution in [3.63, 3.8) is 0 Å². The number of carbonyl (C=O) groups is 2. The van der Waals surface area contributed by atoms with Gasteiger partial charge in [-0.3, -0.25) is 9.59 Å². The summed E-state index contributed by atoms with van der Waals surface area (Å²) in [7, 11) is 0. The third kappa shape index (κ3) is 5.12. The molecule has 35 heavy (non-hydrogen) atoms. The van der Waals surface area contributed by atoms with Crippen LogP contribution in [0, 0.1) is 6.92 Å². The molecule has 6 N–H and O–H groups in total. The van der Waals surface area contributed by atoms with Crippen LogP contribution in [0.3, 0.4) is 0 Å². The Hall–Kier alpha value is -3.92. The molecule has 1 aromatic carbocycles. The largest absolute Gasteiger partial charge is 0.384 e. The van der Waals surface area contributed by atoms with Crippen molar-refractivity contribution in [2.45, 2.75) is 33.7 Å². The number of anilines is 1. The molecule has 0 bridgehead atoms. The number of nitrogen functional groups attached to an aromatic ring is 1. The molecule has 0 saturated carbocycles. The minimum Gasteiger partial charge on any atom is -0.384 e. The number of carbonyl (C=O) groups excluding carboxylic acids is 2. The number of benzene rings is 1. The zero-order valence-corrected chi connectivity index (χ0v) is 20.5. The van der Waals surface area contributed by atoms with Gasteiger partial charge in [0.05, 0.1) is 0 Å². The van der Waals surface area contributed by atoms with Crippen molar-refractivity contribution in [3.8, 4) is 11.3 Å². The second kappa shape index (κ2) is 10.1. The number of aryl methyl sites for hydroxylation is 1. The number of pyridine rings is 1. The van der Waals surface area contributed by atoms with Crippen LogP contribution in [0.15, 0.2) is 30.3 Å². The minimum atomic E-state index is -0.643. The maximum atomic E-state index is 13.1. The van der Waals surface area contributed by atoms with Crippen molar-refractivity contribution in [3.05, 3.63) is 41.7 Å². The Labute approximate surface area is 203 Å². The summed E-state index contributed by atoms with van der Waals surface area (Å²) in [6.07, 6.45) is 0. The predicted molar refractivity (Wildman–Crippen MR) is 138 cm³/mol. The molecule has 0 saturated heterocycles. The summed E-state index contributed by atoms with van der Waals surface area (Å²) in [6, 6.07) is 8.52. The molecule has 10 nitrogen and oxygen atoms in total. The summed E-state index contributed by atoms with van der Waals surface area (Å²) in [5, 5.41) is 6.59. The molecule has 0 aliphatic rings. The summed E-state index contributed by atoms with van der Waals surface area (Å²) in [4.78, 5) is 43.2. The fourth-order valence-corrected chi connectivity index (χ4v) is 4.22. The van der Waals surface area contributed by atoms with Gasteiger partial charge in [0.25, 0.3) is 5.91 Å². The van der Waals surface area contributed by atoms with Gasteiger partial charge in [-0.05, 0) is 57.3 Å². The smallest absolute Gasteiger partial charge is 0.251 e. The second-order valence-electron chi connectivity index (χ2n) is 8.51. The summed E-state index contributed by atoms with van der Waals surface area (Å²) in [5.74, 6) is 0.656. The molecule has 0 unspecified atom stereocenters. The zero-order valence-electron chi connectivity index (χ0n) is 20.5. The number of fused-ring (bicyclic) bond motifs is 2. The number of hydrogen-bond acceptors (Lipinski definition) is 6. The summed E-state index contributed by atoms with van der Waals surface area (Å²) in [5.41, 5.74) is 10.4. The molecule has 0 aliphatic heterocycles. The molecule has 3 heterocycles. The Morgan fingerprint density at radius 2 is 1.86 bits per heavy atom. The Morgan fingerprint density at radius 1 is 1.09 bits per heavy atom. The highest BCUT2D eigenvalue weighted by Gasteiger charge is 2.23. The van der Waals surface area contributed by atoms with Crippen molar-refractivity contribution in [2.24, 2.45) is 0 Å². The quantitative estimate of drug-likeness (QED) is 0.251. The van der Waals surface area contributed by atoms with Gasteiger partial charge in [-0.25, -0.2) is 9.97 Å². The first-order valence-corrected chi connectivity index (χ1v) is 11.9. The van der Waals surface area contributed by atoms with E-state index in [0.29, 0.717) is 30.1 Å². The van der Waals surface area contributed by atoms with E-state index in [9.17, 15) is 9.59 Å². The lowest BCUT2D eigenvalue weighted by Crippen LogP contribution is -2.52. The highest BCUT2D eigenvalue weighted by molar-refractivity contribution is 6.02. The van der Waals surface area contributed by atoms with E-state index in [2.05, 4.69) is 35.5 Å². The lowest BCUT2D eigenvalue weighted by Gasteiger charge is -2.25. The molecule has 184 valence electrons. The third-order valence-corrected chi connectivity index (χ3v) is 6.07. The fraction of sp³-hybridized carbons (Fsp3) is 0.360. The molecule has 4 aromatic rings. The van der Waals surface area contributed by atoms with Crippen molar-refractivity contribution in [2.75, 3.05) is 31.9 Å².